The molecule has 0 saturated carbocycles. The summed E-state index contributed by atoms with van der Waals surface area (Å²) in [7, 11) is 0. The topological polar surface area (TPSA) is 0 Å². The van der Waals surface area contributed by atoms with E-state index in [0.717, 1.165) is 3.43 Å². The van der Waals surface area contributed by atoms with Crippen LogP contribution in [0.4, 0.5) is 0 Å². The van der Waals surface area contributed by atoms with Crippen molar-refractivity contribution in [1.29, 1.82) is 0 Å². The molecule has 0 nitrogen and oxygen atoms in total. The molecule has 0 saturated heterocycles. The van der Waals surface area contributed by atoms with Gasteiger partial charge in [0.15, 0.2) is 0 Å². The molecule has 0 bridgehead atoms. The van der Waals surface area contributed by atoms with E-state index in [1.165, 1.54) is 64.2 Å². The van der Waals surface area contributed by atoms with Crippen molar-refractivity contribution in [2.24, 2.45) is 0 Å². The molecule has 120 valence electrons. The van der Waals surface area contributed by atoms with Gasteiger partial charge in [-0.15, -0.1) is 0 Å². The zero-order chi connectivity index (χ0) is 15.6. The second-order valence-corrected chi connectivity index (χ2v) is 13.8. The van der Waals surface area contributed by atoms with Gasteiger partial charge in [-0.3, -0.25) is 0 Å². The fraction of sp³-hybridized carbons (Fsp3) is 0.789. The number of hydrogen-bond acceptors (Lipinski definition) is 1. The Hall–Kier alpha value is 0.499. The number of hydrogen-bond donors (Lipinski definition) is 0. The Balaban J connectivity index is 2.83. The minimum absolute atomic E-state index is 0.464. The Morgan fingerprint density at radius 1 is 0.857 bits per heavy atom. The molecule has 0 N–H and O–H groups in total. The first-order valence-corrected chi connectivity index (χ1v) is 12.7. The minimum atomic E-state index is -0.464. The Kier molecular flexibility index (Phi) is 10.3. The second-order valence-electron chi connectivity index (χ2n) is 6.34. The zero-order valence-corrected chi connectivity index (χ0v) is 18.3. The summed E-state index contributed by atoms with van der Waals surface area (Å²) >= 11 is 1.67. The standard InChI is InChI=1S/C13H27.C6H7S.Sn/c1-4-7-10-13(11-8-5-2)12-9-6-3;1-2-6-4-3-5-7-6;/h4-12H2,1-3H3;3-4H,2H2,1H3;. The van der Waals surface area contributed by atoms with Gasteiger partial charge in [0, 0.05) is 0 Å². The van der Waals surface area contributed by atoms with Crippen molar-refractivity contribution in [1.82, 2.24) is 0 Å². The van der Waals surface area contributed by atoms with E-state index in [2.05, 4.69) is 51.2 Å². The summed E-state index contributed by atoms with van der Waals surface area (Å²) in [5, 5.41) is 0. The molecule has 1 heterocycles. The Bertz CT molecular complexity index is 348. The molecule has 0 atom stereocenters. The maximum absolute atomic E-state index is 2.48. The molecule has 0 aliphatic carbocycles. The van der Waals surface area contributed by atoms with Crippen molar-refractivity contribution in [3.8, 4) is 0 Å². The molecule has 1 aromatic heterocycles. The van der Waals surface area contributed by atoms with Crippen molar-refractivity contribution in [2.75, 3.05) is 0 Å². The van der Waals surface area contributed by atoms with Gasteiger partial charge >= 0.3 is 148 Å². The van der Waals surface area contributed by atoms with Crippen LogP contribution in [0.5, 0.6) is 0 Å². The van der Waals surface area contributed by atoms with E-state index < -0.39 is 21.1 Å². The zero-order valence-electron chi connectivity index (χ0n) is 14.6. The molecule has 1 rings (SSSR count). The van der Waals surface area contributed by atoms with Gasteiger partial charge < -0.3 is 0 Å². The number of unbranched alkanes of at least 4 members (excludes halogenated alkanes) is 3. The average Bonchev–Trinajstić information content (AvgIpc) is 2.96. The molecule has 2 radical (unpaired) electrons. The fourth-order valence-electron chi connectivity index (χ4n) is 3.00. The van der Waals surface area contributed by atoms with Gasteiger partial charge in [0.1, 0.15) is 0 Å². The summed E-state index contributed by atoms with van der Waals surface area (Å²) in [6.07, 6.45) is 14.2. The van der Waals surface area contributed by atoms with E-state index in [1.54, 1.807) is 7.77 Å². The van der Waals surface area contributed by atoms with Gasteiger partial charge in [-0.2, -0.15) is 0 Å². The molecule has 2 heteroatoms. The van der Waals surface area contributed by atoms with Crippen molar-refractivity contribution in [3.63, 3.8) is 0 Å². The molecule has 0 spiro atoms. The van der Waals surface area contributed by atoms with Crippen molar-refractivity contribution >= 4 is 35.4 Å². The average molecular weight is 413 g/mol. The maximum atomic E-state index is 2.48. The Labute approximate surface area is 147 Å². The first-order chi connectivity index (χ1) is 10.2. The van der Waals surface area contributed by atoms with Crippen LogP contribution in [0.3, 0.4) is 0 Å². The van der Waals surface area contributed by atoms with Crippen molar-refractivity contribution in [2.45, 2.75) is 95.3 Å². The molecular weight excluding hydrogens is 379 g/mol. The van der Waals surface area contributed by atoms with E-state index in [1.807, 2.05) is 0 Å². The predicted molar refractivity (Wildman–Crippen MR) is 100 cm³/mol. The molecule has 0 aliphatic heterocycles. The Morgan fingerprint density at radius 2 is 1.38 bits per heavy atom. The van der Waals surface area contributed by atoms with Crippen LogP contribution in [0, 0.1) is 0 Å². The van der Waals surface area contributed by atoms with E-state index in [-0.39, 0.29) is 0 Å². The van der Waals surface area contributed by atoms with Crippen LogP contribution in [0.15, 0.2) is 12.1 Å². The predicted octanol–water partition coefficient (Wildman–Crippen LogP) is 6.37. The van der Waals surface area contributed by atoms with Crippen LogP contribution in [0.2, 0.25) is 3.43 Å². The summed E-state index contributed by atoms with van der Waals surface area (Å²) < 4.78 is 2.56. The monoisotopic (exact) mass is 414 g/mol. The van der Waals surface area contributed by atoms with Crippen LogP contribution in [0.25, 0.3) is 0 Å². The van der Waals surface area contributed by atoms with Crippen molar-refractivity contribution < 1.29 is 0 Å². The molecule has 0 aromatic carbocycles. The van der Waals surface area contributed by atoms with Crippen molar-refractivity contribution in [3.05, 3.63) is 17.0 Å². The first kappa shape index (κ1) is 19.5. The summed E-state index contributed by atoms with van der Waals surface area (Å²) in [5.41, 5.74) is 0. The van der Waals surface area contributed by atoms with Crippen LogP contribution < -0.4 is 2.89 Å². The second kappa shape index (κ2) is 11.1. The third kappa shape index (κ3) is 7.07. The summed E-state index contributed by atoms with van der Waals surface area (Å²) in [6, 6.07) is 4.87. The molecular formula is C19H34SSn. The van der Waals surface area contributed by atoms with E-state index in [4.69, 9.17) is 0 Å². The number of rotatable bonds is 12. The molecule has 1 aromatic rings. The number of aryl methyl sites for hydroxylation is 1. The number of thiophene rings is 1. The van der Waals surface area contributed by atoms with Gasteiger partial charge in [-0.1, -0.05) is 0 Å². The van der Waals surface area contributed by atoms with Gasteiger partial charge in [0.25, 0.3) is 0 Å². The van der Waals surface area contributed by atoms with Crippen LogP contribution in [-0.4, -0.2) is 21.1 Å². The quantitative estimate of drug-likeness (QED) is 0.350. The van der Waals surface area contributed by atoms with Gasteiger partial charge in [-0.25, -0.2) is 0 Å². The normalized spacial score (nSPS) is 12.0. The summed E-state index contributed by atoms with van der Waals surface area (Å²) in [6.45, 7) is 9.36. The molecule has 21 heavy (non-hydrogen) atoms. The summed E-state index contributed by atoms with van der Waals surface area (Å²) in [4.78, 5) is 1.60. The fourth-order valence-corrected chi connectivity index (χ4v) is 11.3. The van der Waals surface area contributed by atoms with Gasteiger partial charge in [-0.05, 0) is 0 Å². The molecule has 0 fully saturated rings. The molecule has 0 unspecified atom stereocenters. The van der Waals surface area contributed by atoms with E-state index in [0.29, 0.717) is 0 Å². The van der Waals surface area contributed by atoms with Crippen LogP contribution >= 0.6 is 11.3 Å². The van der Waals surface area contributed by atoms with Gasteiger partial charge in [0.05, 0.1) is 0 Å². The van der Waals surface area contributed by atoms with E-state index >= 15 is 0 Å². The third-order valence-electron chi connectivity index (χ3n) is 4.43. The van der Waals surface area contributed by atoms with Crippen LogP contribution in [-0.2, 0) is 6.42 Å². The van der Waals surface area contributed by atoms with Gasteiger partial charge in [0.2, 0.25) is 0 Å². The summed E-state index contributed by atoms with van der Waals surface area (Å²) in [5.74, 6) is 0. The van der Waals surface area contributed by atoms with Crippen LogP contribution in [0.1, 0.15) is 90.4 Å². The Morgan fingerprint density at radius 3 is 1.76 bits per heavy atom. The van der Waals surface area contributed by atoms with E-state index in [9.17, 15) is 0 Å². The molecule has 0 aliphatic rings. The SMILES string of the molecule is CCCC[C](CCCC)(CCCC)[Sn][c]1ccc(CC)s1. The third-order valence-corrected chi connectivity index (χ3v) is 11.9. The first-order valence-electron chi connectivity index (χ1n) is 9.06. The molecule has 0 amide bonds.